The molecule has 0 aromatic rings. The summed E-state index contributed by atoms with van der Waals surface area (Å²) in [5, 5.41) is 0. The molecule has 0 saturated carbocycles. The molecular formula is C16H30O3. The van der Waals surface area contributed by atoms with E-state index < -0.39 is 0 Å². The average Bonchev–Trinajstić information content (AvgIpc) is 2.42. The molecule has 0 aliphatic carbocycles. The molecule has 0 unspecified atom stereocenters. The van der Waals surface area contributed by atoms with E-state index in [1.165, 1.54) is 6.42 Å². The number of esters is 1. The average molecular weight is 270 g/mol. The number of hydrogen-bond donors (Lipinski definition) is 0. The molecule has 0 saturated heterocycles. The van der Waals surface area contributed by atoms with Crippen LogP contribution in [0, 0.1) is 0 Å². The minimum Gasteiger partial charge on any atom is -0.466 e. The SMILES string of the molecule is CCCCOCC=CCCCCCC(=O)OCCC. The summed E-state index contributed by atoms with van der Waals surface area (Å²) < 4.78 is 10.4. The van der Waals surface area contributed by atoms with Gasteiger partial charge in [0.15, 0.2) is 0 Å². The van der Waals surface area contributed by atoms with Crippen molar-refractivity contribution in [3.63, 3.8) is 0 Å². The van der Waals surface area contributed by atoms with Gasteiger partial charge in [0.05, 0.1) is 13.2 Å². The van der Waals surface area contributed by atoms with E-state index in [9.17, 15) is 4.79 Å². The van der Waals surface area contributed by atoms with Crippen molar-refractivity contribution < 1.29 is 14.3 Å². The second kappa shape index (κ2) is 15.2. The van der Waals surface area contributed by atoms with Gasteiger partial charge in [-0.2, -0.15) is 0 Å². The number of rotatable bonds is 13. The monoisotopic (exact) mass is 270 g/mol. The van der Waals surface area contributed by atoms with Crippen LogP contribution in [0.1, 0.15) is 65.2 Å². The van der Waals surface area contributed by atoms with E-state index in [0.29, 0.717) is 13.0 Å². The lowest BCUT2D eigenvalue weighted by Gasteiger charge is -2.02. The number of allylic oxidation sites excluding steroid dienone is 1. The third-order valence-corrected chi connectivity index (χ3v) is 2.74. The Bertz CT molecular complexity index is 224. The van der Waals surface area contributed by atoms with Gasteiger partial charge in [-0.25, -0.2) is 0 Å². The second-order valence-corrected chi connectivity index (χ2v) is 4.72. The molecule has 19 heavy (non-hydrogen) atoms. The number of hydrogen-bond acceptors (Lipinski definition) is 3. The van der Waals surface area contributed by atoms with Crippen molar-refractivity contribution in [3.8, 4) is 0 Å². The van der Waals surface area contributed by atoms with Crippen LogP contribution in [0.25, 0.3) is 0 Å². The third-order valence-electron chi connectivity index (χ3n) is 2.74. The second-order valence-electron chi connectivity index (χ2n) is 4.72. The van der Waals surface area contributed by atoms with Gasteiger partial charge in [-0.05, 0) is 32.1 Å². The molecule has 0 N–H and O–H groups in total. The number of unbranched alkanes of at least 4 members (excludes halogenated alkanes) is 4. The fraction of sp³-hybridized carbons (Fsp3) is 0.812. The fourth-order valence-electron chi connectivity index (χ4n) is 1.58. The van der Waals surface area contributed by atoms with E-state index in [1.807, 2.05) is 6.92 Å². The predicted molar refractivity (Wildman–Crippen MR) is 79.2 cm³/mol. The largest absolute Gasteiger partial charge is 0.466 e. The van der Waals surface area contributed by atoms with E-state index in [4.69, 9.17) is 9.47 Å². The first-order chi connectivity index (χ1) is 9.31. The Labute approximate surface area is 118 Å². The molecule has 0 amide bonds. The molecule has 0 spiro atoms. The summed E-state index contributed by atoms with van der Waals surface area (Å²) in [6.45, 7) is 6.31. The molecule has 0 fully saturated rings. The Morgan fingerprint density at radius 3 is 2.53 bits per heavy atom. The number of carbonyl (C=O) groups excluding carboxylic acids is 1. The summed E-state index contributed by atoms with van der Waals surface area (Å²) in [6, 6.07) is 0. The van der Waals surface area contributed by atoms with Crippen LogP contribution in [-0.4, -0.2) is 25.8 Å². The van der Waals surface area contributed by atoms with Crippen molar-refractivity contribution in [1.29, 1.82) is 0 Å². The van der Waals surface area contributed by atoms with Gasteiger partial charge in [0.1, 0.15) is 0 Å². The highest BCUT2D eigenvalue weighted by Gasteiger charge is 2.00. The predicted octanol–water partition coefficient (Wildman–Crippen LogP) is 4.26. The maximum Gasteiger partial charge on any atom is 0.305 e. The zero-order chi connectivity index (χ0) is 14.2. The summed E-state index contributed by atoms with van der Waals surface area (Å²) in [6.07, 6.45) is 12.3. The molecule has 0 aromatic heterocycles. The topological polar surface area (TPSA) is 35.5 Å². The highest BCUT2D eigenvalue weighted by molar-refractivity contribution is 5.69. The summed E-state index contributed by atoms with van der Waals surface area (Å²) in [5.41, 5.74) is 0. The minimum atomic E-state index is -0.0540. The molecule has 0 heterocycles. The van der Waals surface area contributed by atoms with E-state index in [-0.39, 0.29) is 5.97 Å². The highest BCUT2D eigenvalue weighted by Crippen LogP contribution is 2.05. The normalized spacial score (nSPS) is 11.1. The van der Waals surface area contributed by atoms with Crippen LogP contribution in [0.5, 0.6) is 0 Å². The smallest absolute Gasteiger partial charge is 0.305 e. The standard InChI is InChI=1S/C16H30O3/c1-3-5-14-18-15-11-9-7-6-8-10-12-16(17)19-13-4-2/h9,11H,3-8,10,12-15H2,1-2H3. The van der Waals surface area contributed by atoms with Gasteiger partial charge in [-0.15, -0.1) is 0 Å². The molecule has 0 aromatic carbocycles. The van der Waals surface area contributed by atoms with Gasteiger partial charge in [-0.3, -0.25) is 4.79 Å². The lowest BCUT2D eigenvalue weighted by Crippen LogP contribution is -2.04. The maximum atomic E-state index is 11.2. The Morgan fingerprint density at radius 2 is 1.79 bits per heavy atom. The highest BCUT2D eigenvalue weighted by atomic mass is 16.5. The van der Waals surface area contributed by atoms with Crippen molar-refractivity contribution in [2.75, 3.05) is 19.8 Å². The van der Waals surface area contributed by atoms with Crippen LogP contribution in [0.4, 0.5) is 0 Å². The van der Waals surface area contributed by atoms with Crippen LogP contribution in [0.2, 0.25) is 0 Å². The van der Waals surface area contributed by atoms with Crippen LogP contribution in [0.3, 0.4) is 0 Å². The molecule has 112 valence electrons. The van der Waals surface area contributed by atoms with Gasteiger partial charge in [0.2, 0.25) is 0 Å². The van der Waals surface area contributed by atoms with Gasteiger partial charge in [-0.1, -0.05) is 38.8 Å². The summed E-state index contributed by atoms with van der Waals surface area (Å²) in [7, 11) is 0. The van der Waals surface area contributed by atoms with Crippen molar-refractivity contribution in [1.82, 2.24) is 0 Å². The van der Waals surface area contributed by atoms with Crippen molar-refractivity contribution in [2.24, 2.45) is 0 Å². The maximum absolute atomic E-state index is 11.2. The summed E-state index contributed by atoms with van der Waals surface area (Å²) in [5.74, 6) is -0.0540. The van der Waals surface area contributed by atoms with Gasteiger partial charge < -0.3 is 9.47 Å². The van der Waals surface area contributed by atoms with E-state index in [1.54, 1.807) is 0 Å². The zero-order valence-corrected chi connectivity index (χ0v) is 12.7. The first kappa shape index (κ1) is 18.2. The van der Waals surface area contributed by atoms with Crippen molar-refractivity contribution >= 4 is 5.97 Å². The quantitative estimate of drug-likeness (QED) is 0.285. The van der Waals surface area contributed by atoms with Crippen molar-refractivity contribution in [3.05, 3.63) is 12.2 Å². The summed E-state index contributed by atoms with van der Waals surface area (Å²) in [4.78, 5) is 11.2. The molecule has 0 radical (unpaired) electrons. The van der Waals surface area contributed by atoms with Crippen molar-refractivity contribution in [2.45, 2.75) is 65.2 Å². The molecule has 3 heteroatoms. The lowest BCUT2D eigenvalue weighted by molar-refractivity contribution is -0.143. The molecule has 0 bridgehead atoms. The van der Waals surface area contributed by atoms with Crippen LogP contribution in [0.15, 0.2) is 12.2 Å². The minimum absolute atomic E-state index is 0.0540. The van der Waals surface area contributed by atoms with Crippen LogP contribution in [-0.2, 0) is 14.3 Å². The number of carbonyl (C=O) groups is 1. The van der Waals surface area contributed by atoms with Gasteiger partial charge >= 0.3 is 5.97 Å². The molecular weight excluding hydrogens is 240 g/mol. The Balaban J connectivity index is 3.17. The summed E-state index contributed by atoms with van der Waals surface area (Å²) >= 11 is 0. The van der Waals surface area contributed by atoms with Gasteiger partial charge in [0, 0.05) is 13.0 Å². The number of ether oxygens (including phenoxy) is 2. The first-order valence-electron chi connectivity index (χ1n) is 7.69. The van der Waals surface area contributed by atoms with Gasteiger partial charge in [0.25, 0.3) is 0 Å². The van der Waals surface area contributed by atoms with E-state index in [2.05, 4.69) is 19.1 Å². The van der Waals surface area contributed by atoms with Crippen LogP contribution < -0.4 is 0 Å². The Morgan fingerprint density at radius 1 is 0.947 bits per heavy atom. The molecule has 0 rings (SSSR count). The molecule has 0 aliphatic heterocycles. The zero-order valence-electron chi connectivity index (χ0n) is 12.7. The lowest BCUT2D eigenvalue weighted by atomic mass is 10.1. The molecule has 0 atom stereocenters. The molecule has 3 nitrogen and oxygen atoms in total. The Kier molecular flexibility index (Phi) is 14.6. The van der Waals surface area contributed by atoms with Crippen LogP contribution >= 0.6 is 0 Å². The first-order valence-corrected chi connectivity index (χ1v) is 7.69. The van der Waals surface area contributed by atoms with E-state index >= 15 is 0 Å². The van der Waals surface area contributed by atoms with E-state index in [0.717, 1.165) is 51.7 Å². The Hall–Kier alpha value is -0.830. The third kappa shape index (κ3) is 15.1. The molecule has 0 aliphatic rings. The fourth-order valence-corrected chi connectivity index (χ4v) is 1.58.